The first-order valence-electron chi connectivity index (χ1n) is 8.66. The molecule has 2 amide bonds. The second-order valence-electron chi connectivity index (χ2n) is 6.18. The summed E-state index contributed by atoms with van der Waals surface area (Å²) in [5, 5.41) is 7.56. The van der Waals surface area contributed by atoms with Crippen LogP contribution in [0.4, 0.5) is 5.13 Å². The van der Waals surface area contributed by atoms with E-state index in [1.165, 1.54) is 29.7 Å². The summed E-state index contributed by atoms with van der Waals surface area (Å²) < 4.78 is 10.6. The van der Waals surface area contributed by atoms with Gasteiger partial charge in [-0.1, -0.05) is 6.07 Å². The molecule has 10 heteroatoms. The average Bonchev–Trinajstić information content (AvgIpc) is 3.35. The standard InChI is InChI=1S/C19H16N4O5S/c24-16-4-2-12(8-21-16)18(26)23-19-22-13(9-29-19)6-17(25)20-7-11-1-3-14-15(5-11)28-10-27-14/h1-5,8-9H,6-7,10H2,(H,20,25)(H,21,24)(H,22,23,26). The van der Waals surface area contributed by atoms with Crippen LogP contribution in [0.2, 0.25) is 0 Å². The van der Waals surface area contributed by atoms with E-state index in [-0.39, 0.29) is 24.7 Å². The zero-order valence-corrected chi connectivity index (χ0v) is 15.9. The Balaban J connectivity index is 1.29. The van der Waals surface area contributed by atoms with Crippen molar-refractivity contribution in [1.29, 1.82) is 0 Å². The van der Waals surface area contributed by atoms with E-state index in [0.29, 0.717) is 34.4 Å². The molecule has 1 aliphatic rings. The Labute approximate surface area is 168 Å². The second-order valence-corrected chi connectivity index (χ2v) is 7.04. The van der Waals surface area contributed by atoms with Gasteiger partial charge in [0.25, 0.3) is 5.91 Å². The SMILES string of the molecule is O=C(Cc1csc(NC(=O)c2ccc(=O)[nH]c2)n1)NCc1ccc2c(c1)OCO2. The predicted molar refractivity (Wildman–Crippen MR) is 105 cm³/mol. The van der Waals surface area contributed by atoms with Gasteiger partial charge in [0.1, 0.15) is 0 Å². The molecule has 0 atom stereocenters. The molecular weight excluding hydrogens is 396 g/mol. The lowest BCUT2D eigenvalue weighted by molar-refractivity contribution is -0.120. The van der Waals surface area contributed by atoms with Gasteiger partial charge in [-0.05, 0) is 23.8 Å². The second kappa shape index (κ2) is 8.15. The first-order chi connectivity index (χ1) is 14.1. The highest BCUT2D eigenvalue weighted by atomic mass is 32.1. The highest BCUT2D eigenvalue weighted by molar-refractivity contribution is 7.14. The molecule has 0 radical (unpaired) electrons. The molecule has 29 heavy (non-hydrogen) atoms. The van der Waals surface area contributed by atoms with Crippen molar-refractivity contribution in [2.75, 3.05) is 12.1 Å². The number of anilines is 1. The van der Waals surface area contributed by atoms with Crippen molar-refractivity contribution < 1.29 is 19.1 Å². The molecule has 0 fully saturated rings. The Morgan fingerprint density at radius 1 is 1.17 bits per heavy atom. The highest BCUT2D eigenvalue weighted by Crippen LogP contribution is 2.32. The Morgan fingerprint density at radius 3 is 2.86 bits per heavy atom. The van der Waals surface area contributed by atoms with Crippen LogP contribution in [0.15, 0.2) is 46.7 Å². The lowest BCUT2D eigenvalue weighted by Gasteiger charge is -2.05. The zero-order chi connectivity index (χ0) is 20.2. The maximum Gasteiger partial charge on any atom is 0.258 e. The maximum atomic E-state index is 12.2. The number of aromatic nitrogens is 2. The van der Waals surface area contributed by atoms with Crippen LogP contribution < -0.4 is 25.7 Å². The number of thiazole rings is 1. The first-order valence-corrected chi connectivity index (χ1v) is 9.54. The number of nitrogens with one attached hydrogen (secondary N) is 3. The lowest BCUT2D eigenvalue weighted by atomic mass is 10.2. The zero-order valence-electron chi connectivity index (χ0n) is 15.1. The summed E-state index contributed by atoms with van der Waals surface area (Å²) in [6.07, 6.45) is 1.42. The number of H-pyrrole nitrogens is 1. The summed E-state index contributed by atoms with van der Waals surface area (Å²) in [5.74, 6) is 0.777. The number of rotatable bonds is 6. The normalized spacial score (nSPS) is 11.9. The molecular formula is C19H16N4O5S. The molecule has 0 saturated heterocycles. The number of carbonyl (C=O) groups excluding carboxylic acids is 2. The summed E-state index contributed by atoms with van der Waals surface area (Å²) in [4.78, 5) is 42.1. The van der Waals surface area contributed by atoms with Crippen molar-refractivity contribution in [2.45, 2.75) is 13.0 Å². The van der Waals surface area contributed by atoms with Crippen molar-refractivity contribution in [3.63, 3.8) is 0 Å². The van der Waals surface area contributed by atoms with Crippen LogP contribution in [0.25, 0.3) is 0 Å². The van der Waals surface area contributed by atoms with E-state index in [4.69, 9.17) is 9.47 Å². The van der Waals surface area contributed by atoms with E-state index in [0.717, 1.165) is 5.56 Å². The number of aromatic amines is 1. The average molecular weight is 412 g/mol. The molecule has 1 aromatic carbocycles. The third-order valence-electron chi connectivity index (χ3n) is 4.09. The minimum absolute atomic E-state index is 0.0928. The molecule has 9 nitrogen and oxygen atoms in total. The van der Waals surface area contributed by atoms with E-state index < -0.39 is 5.91 Å². The summed E-state index contributed by atoms with van der Waals surface area (Å²) >= 11 is 1.22. The van der Waals surface area contributed by atoms with Gasteiger partial charge in [0, 0.05) is 24.2 Å². The van der Waals surface area contributed by atoms with Crippen LogP contribution >= 0.6 is 11.3 Å². The number of hydrogen-bond acceptors (Lipinski definition) is 7. The fraction of sp³-hybridized carbons (Fsp3) is 0.158. The molecule has 3 N–H and O–H groups in total. The molecule has 2 aromatic heterocycles. The molecule has 0 unspecified atom stereocenters. The summed E-state index contributed by atoms with van der Waals surface area (Å²) in [7, 11) is 0. The Morgan fingerprint density at radius 2 is 2.03 bits per heavy atom. The Bertz CT molecular complexity index is 1100. The van der Waals surface area contributed by atoms with Crippen molar-refractivity contribution in [3.8, 4) is 11.5 Å². The maximum absolute atomic E-state index is 12.2. The van der Waals surface area contributed by atoms with Crippen molar-refractivity contribution in [1.82, 2.24) is 15.3 Å². The fourth-order valence-corrected chi connectivity index (χ4v) is 3.35. The molecule has 1 aliphatic heterocycles. The molecule has 0 bridgehead atoms. The van der Waals surface area contributed by atoms with E-state index >= 15 is 0 Å². The molecule has 3 heterocycles. The number of nitrogens with zero attached hydrogens (tertiary/aromatic N) is 1. The van der Waals surface area contributed by atoms with Crippen LogP contribution in [-0.2, 0) is 17.8 Å². The van der Waals surface area contributed by atoms with Crippen molar-refractivity contribution in [3.05, 3.63) is 69.1 Å². The smallest absolute Gasteiger partial charge is 0.258 e. The summed E-state index contributed by atoms with van der Waals surface area (Å²) in [6.45, 7) is 0.561. The molecule has 0 spiro atoms. The summed E-state index contributed by atoms with van der Waals surface area (Å²) in [6, 6.07) is 8.19. The Hall–Kier alpha value is -3.66. The number of fused-ring (bicyclic) bond motifs is 1. The van der Waals surface area contributed by atoms with E-state index in [2.05, 4.69) is 20.6 Å². The third-order valence-corrected chi connectivity index (χ3v) is 4.89. The number of pyridine rings is 1. The first kappa shape index (κ1) is 18.7. The van der Waals surface area contributed by atoms with E-state index in [1.54, 1.807) is 5.38 Å². The molecule has 4 rings (SSSR count). The number of amides is 2. The van der Waals surface area contributed by atoms with Gasteiger partial charge in [0.15, 0.2) is 16.6 Å². The van der Waals surface area contributed by atoms with Crippen molar-refractivity contribution >= 4 is 28.3 Å². The van der Waals surface area contributed by atoms with Crippen LogP contribution in [0.1, 0.15) is 21.6 Å². The molecule has 0 saturated carbocycles. The van der Waals surface area contributed by atoms with Crippen LogP contribution in [0.5, 0.6) is 11.5 Å². The quantitative estimate of drug-likeness (QED) is 0.566. The van der Waals surface area contributed by atoms with Crippen LogP contribution in [0, 0.1) is 0 Å². The number of benzene rings is 1. The fourth-order valence-electron chi connectivity index (χ4n) is 2.65. The van der Waals surface area contributed by atoms with Gasteiger partial charge in [-0.2, -0.15) is 0 Å². The van der Waals surface area contributed by atoms with E-state index in [1.807, 2.05) is 18.2 Å². The van der Waals surface area contributed by atoms with Gasteiger partial charge in [0.2, 0.25) is 18.3 Å². The highest BCUT2D eigenvalue weighted by Gasteiger charge is 2.14. The van der Waals surface area contributed by atoms with Gasteiger partial charge in [-0.3, -0.25) is 19.7 Å². The van der Waals surface area contributed by atoms with Gasteiger partial charge >= 0.3 is 0 Å². The van der Waals surface area contributed by atoms with Gasteiger partial charge < -0.3 is 19.8 Å². The number of ether oxygens (including phenoxy) is 2. The van der Waals surface area contributed by atoms with Gasteiger partial charge in [-0.25, -0.2) is 4.98 Å². The minimum atomic E-state index is -0.394. The third kappa shape index (κ3) is 4.61. The van der Waals surface area contributed by atoms with Gasteiger partial charge in [-0.15, -0.1) is 11.3 Å². The predicted octanol–water partition coefficient (Wildman–Crippen LogP) is 1.67. The van der Waals surface area contributed by atoms with Crippen LogP contribution in [0.3, 0.4) is 0 Å². The lowest BCUT2D eigenvalue weighted by Crippen LogP contribution is -2.24. The van der Waals surface area contributed by atoms with Crippen LogP contribution in [-0.4, -0.2) is 28.6 Å². The van der Waals surface area contributed by atoms with E-state index in [9.17, 15) is 14.4 Å². The monoisotopic (exact) mass is 412 g/mol. The number of carbonyl (C=O) groups is 2. The molecule has 148 valence electrons. The summed E-state index contributed by atoms with van der Waals surface area (Å²) in [5.41, 5.74) is 1.47. The molecule has 0 aliphatic carbocycles. The molecule has 3 aromatic rings. The largest absolute Gasteiger partial charge is 0.454 e. The van der Waals surface area contributed by atoms with Crippen molar-refractivity contribution in [2.24, 2.45) is 0 Å². The topological polar surface area (TPSA) is 122 Å². The Kier molecular flexibility index (Phi) is 5.25. The minimum Gasteiger partial charge on any atom is -0.454 e. The number of hydrogen-bond donors (Lipinski definition) is 3. The van der Waals surface area contributed by atoms with Gasteiger partial charge in [0.05, 0.1) is 17.7 Å².